The molecule has 0 saturated carbocycles. The Morgan fingerprint density at radius 3 is 1.74 bits per heavy atom. The van der Waals surface area contributed by atoms with Crippen LogP contribution in [0, 0.1) is 20.2 Å². The zero-order chi connectivity index (χ0) is 35.7. The van der Waals surface area contributed by atoms with E-state index in [9.17, 15) is 34.9 Å². The lowest BCUT2D eigenvalue weighted by molar-refractivity contribution is -0.385. The average molecular weight is 667 g/mol. The molecule has 0 unspecified atom stereocenters. The van der Waals surface area contributed by atoms with Crippen LogP contribution in [-0.2, 0) is 20.4 Å². The second-order valence-electron chi connectivity index (χ2n) is 13.6. The van der Waals surface area contributed by atoms with Gasteiger partial charge in [-0.1, -0.05) is 25.7 Å². The van der Waals surface area contributed by atoms with Gasteiger partial charge in [0.25, 0.3) is 11.4 Å². The molecule has 0 radical (unpaired) electrons. The molecule has 7 rings (SSSR count). The first-order valence-electron chi connectivity index (χ1n) is 15.8. The lowest BCUT2D eigenvalue weighted by Gasteiger charge is -2.21. The number of nitrogens with zero attached hydrogens (tertiary/aromatic N) is 2. The number of benzene rings is 4. The second-order valence-corrected chi connectivity index (χ2v) is 13.6. The first-order valence-corrected chi connectivity index (χ1v) is 15.8. The molecule has 3 aliphatic rings. The molecule has 0 bridgehead atoms. The first kappa shape index (κ1) is 32.1. The molecule has 50 heavy (non-hydrogen) atoms. The molecule has 4 aromatic rings. The standard InChI is InChI=1S/C39H30N4O7/c1-38(2)29-17-23(21-5-11-25(12-6-21)42(47)48)9-15-31(29)40-33(38)19-27-35(44)28(37(46)36(27)45)20-34-39(3,4)30-18-24(10-16-32(30)41-34)22-7-13-26(14-8-22)43(49)50/h5-20,40,44H,1-4H3/b28-20+,33-19-. The number of non-ortho nitro benzene ring substituents is 2. The van der Waals surface area contributed by atoms with E-state index in [0.717, 1.165) is 44.8 Å². The van der Waals surface area contributed by atoms with Crippen LogP contribution in [0.15, 0.2) is 120 Å². The lowest BCUT2D eigenvalue weighted by Crippen LogP contribution is -2.65. The highest BCUT2D eigenvalue weighted by atomic mass is 16.6. The van der Waals surface area contributed by atoms with E-state index in [2.05, 4.69) is 10.3 Å². The van der Waals surface area contributed by atoms with Gasteiger partial charge in [0.15, 0.2) is 5.71 Å². The van der Waals surface area contributed by atoms with Crippen molar-refractivity contribution in [2.45, 2.75) is 38.5 Å². The van der Waals surface area contributed by atoms with Crippen LogP contribution in [0.2, 0.25) is 0 Å². The van der Waals surface area contributed by atoms with Gasteiger partial charge in [0.1, 0.15) is 0 Å². The van der Waals surface area contributed by atoms with Crippen LogP contribution in [0.1, 0.15) is 38.8 Å². The average Bonchev–Trinajstić information content (AvgIpc) is 3.58. The van der Waals surface area contributed by atoms with Crippen molar-refractivity contribution in [3.63, 3.8) is 0 Å². The molecule has 1 aliphatic carbocycles. The van der Waals surface area contributed by atoms with Crippen LogP contribution >= 0.6 is 0 Å². The fraction of sp³-hybridized carbons (Fsp3) is 0.154. The molecule has 4 aromatic carbocycles. The lowest BCUT2D eigenvalue weighted by atomic mass is 9.80. The number of nitro benzene ring substituents is 2. The normalized spacial score (nSPS) is 18.7. The highest BCUT2D eigenvalue weighted by molar-refractivity contribution is 6.54. The Morgan fingerprint density at radius 1 is 0.660 bits per heavy atom. The summed E-state index contributed by atoms with van der Waals surface area (Å²) < 4.78 is 0. The maximum absolute atomic E-state index is 13.7. The smallest absolute Gasteiger partial charge is 0.269 e. The third kappa shape index (κ3) is 5.11. The first-order chi connectivity index (χ1) is 23.7. The number of nitrogens with one attached hydrogen (secondary N) is 2. The number of fused-ring (bicyclic) bond motifs is 2. The van der Waals surface area contributed by atoms with E-state index >= 15 is 0 Å². The third-order valence-corrected chi connectivity index (χ3v) is 9.86. The molecule has 2 heterocycles. The molecule has 0 aromatic heterocycles. The van der Waals surface area contributed by atoms with E-state index in [1.54, 1.807) is 24.3 Å². The van der Waals surface area contributed by atoms with E-state index in [1.165, 1.54) is 36.4 Å². The summed E-state index contributed by atoms with van der Waals surface area (Å²) in [6.45, 7) is 7.79. The predicted octanol–water partition coefficient (Wildman–Crippen LogP) is 5.26. The maximum Gasteiger partial charge on any atom is 0.269 e. The van der Waals surface area contributed by atoms with Crippen LogP contribution < -0.4 is 15.4 Å². The van der Waals surface area contributed by atoms with Crippen LogP contribution in [0.5, 0.6) is 0 Å². The molecule has 11 nitrogen and oxygen atoms in total. The van der Waals surface area contributed by atoms with E-state index in [0.29, 0.717) is 11.4 Å². The zero-order valence-corrected chi connectivity index (χ0v) is 27.5. The van der Waals surface area contributed by atoms with Gasteiger partial charge < -0.3 is 10.4 Å². The Kier molecular flexibility index (Phi) is 7.25. The van der Waals surface area contributed by atoms with Gasteiger partial charge in [-0.3, -0.25) is 29.8 Å². The number of carbonyl (C=O) groups excluding carboxylic acids is 2. The van der Waals surface area contributed by atoms with Gasteiger partial charge in [0.05, 0.1) is 15.3 Å². The fourth-order valence-corrected chi connectivity index (χ4v) is 6.72. The summed E-state index contributed by atoms with van der Waals surface area (Å²) in [5.74, 6) is -2.40. The number of ketones is 2. The Bertz CT molecular complexity index is 2330. The van der Waals surface area contributed by atoms with Gasteiger partial charge in [0, 0.05) is 69.9 Å². The Balaban J connectivity index is 1.18. The van der Waals surface area contributed by atoms with Crippen LogP contribution in [0.3, 0.4) is 0 Å². The van der Waals surface area contributed by atoms with Gasteiger partial charge in [-0.05, 0) is 96.3 Å². The molecule has 0 saturated heterocycles. The minimum absolute atomic E-state index is 0.00273. The van der Waals surface area contributed by atoms with E-state index < -0.39 is 38.0 Å². The van der Waals surface area contributed by atoms with Gasteiger partial charge in [0.2, 0.25) is 17.3 Å². The van der Waals surface area contributed by atoms with Crippen LogP contribution in [0.4, 0.5) is 22.7 Å². The summed E-state index contributed by atoms with van der Waals surface area (Å²) >= 11 is 0. The number of carbonyl (C=O) groups is 2. The number of Topliss-reactive ketones (excluding diaryl/α,β-unsaturated/α-hetero) is 2. The second kappa shape index (κ2) is 11.3. The van der Waals surface area contributed by atoms with Crippen molar-refractivity contribution in [2.75, 3.05) is 5.32 Å². The highest BCUT2D eigenvalue weighted by Gasteiger charge is 2.43. The SMILES string of the molecule is CC1(C)C(/C=C2/C(=O)C(=O)C(/C=C3\Nc4ccc(-c5ccc([N+](=O)[O-])cc5)cc4C3(C)C)=C2[O-])=[NH+]c2ccc(-c3ccc([N+](=O)[O-])cc3)cc21. The number of nitro groups is 2. The Hall–Kier alpha value is -6.49. The van der Waals surface area contributed by atoms with E-state index in [-0.39, 0.29) is 22.5 Å². The summed E-state index contributed by atoms with van der Waals surface area (Å²) in [5, 5.41) is 39.2. The molecule has 0 amide bonds. The topological polar surface area (TPSA) is 169 Å². The van der Waals surface area contributed by atoms with Crippen LogP contribution in [0.25, 0.3) is 22.3 Å². The largest absolute Gasteiger partial charge is 0.871 e. The predicted molar refractivity (Wildman–Crippen MR) is 186 cm³/mol. The van der Waals surface area contributed by atoms with Gasteiger partial charge in [-0.15, -0.1) is 0 Å². The van der Waals surface area contributed by atoms with Crippen LogP contribution in [-0.4, -0.2) is 27.1 Å². The molecule has 248 valence electrons. The van der Waals surface area contributed by atoms with Crippen molar-refractivity contribution >= 4 is 40.0 Å². The minimum atomic E-state index is -0.872. The van der Waals surface area contributed by atoms with Crippen molar-refractivity contribution in [2.24, 2.45) is 0 Å². The molecular formula is C39H30N4O7. The van der Waals surface area contributed by atoms with Crippen molar-refractivity contribution in [1.82, 2.24) is 0 Å². The summed E-state index contributed by atoms with van der Waals surface area (Å²) in [7, 11) is 0. The summed E-state index contributed by atoms with van der Waals surface area (Å²) in [6.07, 6.45) is 2.94. The quantitative estimate of drug-likeness (QED) is 0.122. The molecule has 2 N–H and O–H groups in total. The van der Waals surface area contributed by atoms with Crippen molar-refractivity contribution < 1.29 is 29.5 Å². The number of hydrogen-bond acceptors (Lipinski definition) is 8. The number of allylic oxidation sites excluding steroid dienone is 5. The van der Waals surface area contributed by atoms with Crippen molar-refractivity contribution in [1.29, 1.82) is 0 Å². The summed E-state index contributed by atoms with van der Waals surface area (Å²) in [4.78, 5) is 51.2. The molecule has 11 heteroatoms. The van der Waals surface area contributed by atoms with Gasteiger partial charge >= 0.3 is 0 Å². The number of anilines is 1. The maximum atomic E-state index is 13.7. The summed E-state index contributed by atoms with van der Waals surface area (Å²) in [5.41, 5.74) is 6.06. The molecule has 2 aliphatic heterocycles. The fourth-order valence-electron chi connectivity index (χ4n) is 6.72. The molecular weight excluding hydrogens is 636 g/mol. The highest BCUT2D eigenvalue weighted by Crippen LogP contribution is 2.46. The monoisotopic (exact) mass is 666 g/mol. The molecule has 0 spiro atoms. The Morgan fingerprint density at radius 2 is 1.18 bits per heavy atom. The van der Waals surface area contributed by atoms with E-state index in [1.807, 2.05) is 64.1 Å². The Labute approximate surface area is 286 Å². The van der Waals surface area contributed by atoms with Crippen molar-refractivity contribution in [3.8, 4) is 22.3 Å². The minimum Gasteiger partial charge on any atom is -0.871 e. The van der Waals surface area contributed by atoms with Gasteiger partial charge in [-0.2, -0.15) is 0 Å². The summed E-state index contributed by atoms with van der Waals surface area (Å²) in [6, 6.07) is 24.0. The number of hydrogen-bond donors (Lipinski definition) is 2. The molecule has 0 fully saturated rings. The van der Waals surface area contributed by atoms with Crippen molar-refractivity contribution in [3.05, 3.63) is 151 Å². The zero-order valence-electron chi connectivity index (χ0n) is 27.5. The molecule has 0 atom stereocenters. The third-order valence-electron chi connectivity index (χ3n) is 9.86. The van der Waals surface area contributed by atoms with Gasteiger partial charge in [-0.25, -0.2) is 4.99 Å². The van der Waals surface area contributed by atoms with E-state index in [4.69, 9.17) is 0 Å². The number of rotatable bonds is 6.